The minimum absolute atomic E-state index is 0.0354. The molecule has 0 saturated heterocycles. The predicted molar refractivity (Wildman–Crippen MR) is 506 cm³/mol. The molecule has 5 atom stereocenters. The van der Waals surface area contributed by atoms with Gasteiger partial charge in [-0.2, -0.15) is 0 Å². The number of nitrogens with one attached hydrogen (secondary N) is 11. The Bertz CT molecular complexity index is 5300. The van der Waals surface area contributed by atoms with Crippen molar-refractivity contribution in [3.05, 3.63) is 269 Å². The molecular formula is C99H124N20O9. The minimum atomic E-state index is -0.566. The molecule has 8 aliphatic rings. The molecule has 2 saturated carbocycles. The lowest BCUT2D eigenvalue weighted by molar-refractivity contribution is -0.112. The average molecular weight is 1740 g/mol. The van der Waals surface area contributed by atoms with Gasteiger partial charge in [-0.3, -0.25) is 43.7 Å². The van der Waals surface area contributed by atoms with E-state index in [2.05, 4.69) is 145 Å². The van der Waals surface area contributed by atoms with Gasteiger partial charge in [-0.15, -0.1) is 0 Å². The third-order valence-corrected chi connectivity index (χ3v) is 25.0. The molecule has 0 radical (unpaired) electrons. The van der Waals surface area contributed by atoms with Gasteiger partial charge in [-0.1, -0.05) is 117 Å². The van der Waals surface area contributed by atoms with Crippen LogP contribution in [0.3, 0.4) is 0 Å². The van der Waals surface area contributed by atoms with Crippen molar-refractivity contribution in [2.24, 2.45) is 15.0 Å². The van der Waals surface area contributed by atoms with Crippen LogP contribution in [0.2, 0.25) is 0 Å². The summed E-state index contributed by atoms with van der Waals surface area (Å²) in [5, 5.41) is 34.5. The number of rotatable bonds is 25. The van der Waals surface area contributed by atoms with Crippen molar-refractivity contribution in [1.29, 1.82) is 0 Å². The second-order valence-corrected chi connectivity index (χ2v) is 35.9. The first kappa shape index (κ1) is 94.0. The van der Waals surface area contributed by atoms with Crippen LogP contribution in [0, 0.1) is 0 Å². The van der Waals surface area contributed by atoms with Gasteiger partial charge in [0.2, 0.25) is 17.7 Å². The molecule has 6 aromatic carbocycles. The molecule has 674 valence electrons. The SMILES string of the molecule is C=CC(=O)Nc1ccc(C(=O)NC2CCC(NC3=NCC4=C3CN(C(=O)N[C@H](CN(C)C)c3ccccc3)C4(C)C)CC2)cc1.C=CC(=O)Nc1ccc(C(=O)N[C@@H]2CCC[C@@H](NC3=NCC4=C3CN(C(=O)N[C@H](CN(C)C)c3ccccc3)C4(C)C)C2)cc1.C=CC(=O)Nc1cccc(C(=O)NC2=NCC3=C2CN(C(=O)N[C@H](CN(C)C)c2ccccc2)C3(C)C)c1. The number of hydrogen-bond acceptors (Lipinski definition) is 17. The predicted octanol–water partition coefficient (Wildman–Crippen LogP) is 11.9. The topological polar surface area (TPSA) is 342 Å². The Balaban J connectivity index is 0.000000175. The Morgan fingerprint density at radius 1 is 0.383 bits per heavy atom. The van der Waals surface area contributed by atoms with Crippen molar-refractivity contribution in [3.8, 4) is 0 Å². The second kappa shape index (κ2) is 42.0. The summed E-state index contributed by atoms with van der Waals surface area (Å²) in [7, 11) is 12.0. The molecule has 0 unspecified atom stereocenters. The molecule has 128 heavy (non-hydrogen) atoms. The van der Waals surface area contributed by atoms with Gasteiger partial charge in [0.1, 0.15) is 17.5 Å². The minimum Gasteiger partial charge on any atom is -0.367 e. The highest BCUT2D eigenvalue weighted by atomic mass is 16.2. The van der Waals surface area contributed by atoms with Crippen molar-refractivity contribution in [3.63, 3.8) is 0 Å². The number of amidine groups is 3. The maximum atomic E-state index is 13.7. The van der Waals surface area contributed by atoms with E-state index in [0.717, 1.165) is 102 Å². The molecule has 0 aromatic heterocycles. The van der Waals surface area contributed by atoms with Crippen LogP contribution in [0.1, 0.15) is 159 Å². The van der Waals surface area contributed by atoms with Crippen molar-refractivity contribution < 1.29 is 43.2 Å². The van der Waals surface area contributed by atoms with Crippen molar-refractivity contribution in [2.45, 2.75) is 152 Å². The molecule has 12 amide bonds. The zero-order valence-electron chi connectivity index (χ0n) is 75.7. The molecule has 14 rings (SSSR count). The van der Waals surface area contributed by atoms with Gasteiger partial charge in [0.15, 0.2) is 0 Å². The van der Waals surface area contributed by atoms with Gasteiger partial charge in [-0.25, -0.2) is 14.4 Å². The second-order valence-electron chi connectivity index (χ2n) is 35.9. The van der Waals surface area contributed by atoms with E-state index in [1.807, 2.05) is 138 Å². The number of benzene rings is 6. The Morgan fingerprint density at radius 2 is 0.727 bits per heavy atom. The van der Waals surface area contributed by atoms with Gasteiger partial charge in [0, 0.05) is 94.3 Å². The lowest BCUT2D eigenvalue weighted by Crippen LogP contribution is -2.52. The van der Waals surface area contributed by atoms with Crippen LogP contribution in [0.4, 0.5) is 31.4 Å². The van der Waals surface area contributed by atoms with Crippen LogP contribution in [-0.2, 0) is 14.4 Å². The summed E-state index contributed by atoms with van der Waals surface area (Å²) in [6, 6.07) is 50.2. The zero-order valence-corrected chi connectivity index (χ0v) is 75.7. The third-order valence-electron chi connectivity index (χ3n) is 25.0. The molecule has 0 bridgehead atoms. The number of carbonyl (C=O) groups excluding carboxylic acids is 9. The number of nitrogens with zero attached hydrogens (tertiary/aromatic N) is 9. The maximum Gasteiger partial charge on any atom is 0.318 e. The van der Waals surface area contributed by atoms with Crippen LogP contribution >= 0.6 is 0 Å². The van der Waals surface area contributed by atoms with Gasteiger partial charge in [0.25, 0.3) is 17.7 Å². The highest BCUT2D eigenvalue weighted by Crippen LogP contribution is 2.42. The van der Waals surface area contributed by atoms with Crippen LogP contribution in [-0.4, -0.2) is 242 Å². The number of urea groups is 3. The van der Waals surface area contributed by atoms with E-state index in [-0.39, 0.29) is 95.8 Å². The van der Waals surface area contributed by atoms with E-state index >= 15 is 0 Å². The molecule has 11 N–H and O–H groups in total. The summed E-state index contributed by atoms with van der Waals surface area (Å²) >= 11 is 0. The van der Waals surface area contributed by atoms with Gasteiger partial charge < -0.3 is 87.9 Å². The molecule has 29 heteroatoms. The van der Waals surface area contributed by atoms with Crippen molar-refractivity contribution in [1.82, 2.24) is 71.9 Å². The van der Waals surface area contributed by atoms with E-state index in [0.29, 0.717) is 98.5 Å². The number of likely N-dealkylation sites (N-methyl/N-ethyl adjacent to an activating group) is 3. The van der Waals surface area contributed by atoms with E-state index in [1.54, 1.807) is 77.7 Å². The monoisotopic (exact) mass is 1740 g/mol. The zero-order chi connectivity index (χ0) is 91.7. The highest BCUT2D eigenvalue weighted by Gasteiger charge is 2.50. The normalized spacial score (nSPS) is 19.7. The van der Waals surface area contributed by atoms with Gasteiger partial charge in [-0.05, 0) is 254 Å². The Kier molecular flexibility index (Phi) is 30.8. The third kappa shape index (κ3) is 23.4. The smallest absolute Gasteiger partial charge is 0.318 e. The number of hydrogen-bond donors (Lipinski definition) is 11. The largest absolute Gasteiger partial charge is 0.367 e. The summed E-state index contributed by atoms with van der Waals surface area (Å²) in [4.78, 5) is 141. The van der Waals surface area contributed by atoms with Crippen LogP contribution in [0.5, 0.6) is 0 Å². The first-order valence-corrected chi connectivity index (χ1v) is 43.9. The molecule has 6 heterocycles. The summed E-state index contributed by atoms with van der Waals surface area (Å²) < 4.78 is 0. The van der Waals surface area contributed by atoms with Crippen molar-refractivity contribution >= 4 is 88.1 Å². The average Bonchev–Trinajstić information content (AvgIpc) is 1.60. The van der Waals surface area contributed by atoms with E-state index < -0.39 is 16.6 Å². The Hall–Kier alpha value is -13.1. The number of carbonyl (C=O) groups is 9. The quantitative estimate of drug-likeness (QED) is 0.0237. The molecule has 2 aliphatic carbocycles. The summed E-state index contributed by atoms with van der Waals surface area (Å²) in [6.45, 7) is 27.8. The van der Waals surface area contributed by atoms with Crippen LogP contribution in [0.15, 0.2) is 250 Å². The molecule has 6 aromatic rings. The molecule has 2 fully saturated rings. The van der Waals surface area contributed by atoms with Gasteiger partial charge >= 0.3 is 18.1 Å². The first-order chi connectivity index (χ1) is 61.2. The summed E-state index contributed by atoms with van der Waals surface area (Å²) in [5.74, 6) is 0.710. The number of anilines is 3. The molecular weight excluding hydrogens is 1610 g/mol. The van der Waals surface area contributed by atoms with Crippen molar-refractivity contribution in [2.75, 3.05) is 117 Å². The fourth-order valence-electron chi connectivity index (χ4n) is 17.8. The summed E-state index contributed by atoms with van der Waals surface area (Å²) in [6.07, 6.45) is 10.8. The lowest BCUT2D eigenvalue weighted by atomic mass is 9.90. The van der Waals surface area contributed by atoms with E-state index in [4.69, 9.17) is 9.98 Å². The van der Waals surface area contributed by atoms with E-state index in [9.17, 15) is 43.2 Å². The highest BCUT2D eigenvalue weighted by molar-refractivity contribution is 6.15. The molecule has 6 aliphatic heterocycles. The summed E-state index contributed by atoms with van der Waals surface area (Å²) in [5.41, 5.74) is 11.4. The maximum absolute atomic E-state index is 13.7. The van der Waals surface area contributed by atoms with Gasteiger partial charge in [0.05, 0.1) is 74.0 Å². The van der Waals surface area contributed by atoms with Crippen LogP contribution < -0.4 is 58.5 Å². The fraction of sp³-hybridized carbons (Fsp3) is 0.394. The van der Waals surface area contributed by atoms with Crippen LogP contribution in [0.25, 0.3) is 0 Å². The number of aliphatic imine (C=N–C) groups is 3. The van der Waals surface area contributed by atoms with E-state index in [1.165, 1.54) is 29.4 Å². The molecule has 29 nitrogen and oxygen atoms in total. The fourth-order valence-corrected chi connectivity index (χ4v) is 17.8. The Labute approximate surface area is 751 Å². The lowest BCUT2D eigenvalue weighted by Gasteiger charge is -2.36. The standard InChI is InChI=1S/2C35H45N7O3.C29H34N6O3/c1-6-31(43)37-25-17-15-24(16-18-25)33(44)39-27-14-10-13-26(19-27)38-32-28-21-42(35(2,3)29(28)20-36-32)34(45)40-30(22-41(4)5)23-11-8-7-9-12-23;1-6-31(43)37-25-14-12-24(13-15-25)33(44)39-27-18-16-26(17-19-27)38-32-28-21-42(35(2,3)29(28)20-36-32)34(45)40-30(22-41(4)5)23-10-8-7-9-11-23;1-6-25(36)31-21-14-10-13-20(15-21)27(37)33-26-22-17-35(29(2,3)23(22)16-30-26)28(38)32-24(18-34(4)5)19-11-8-7-9-12-19/h6-9,11-12,15-18,26-27,30H,1,10,13-14,19-22H2,2-5H3,(H,36,38)(H,37,43)(H,39,44)(H,40,45);6-15,26-27,30H,1,16-22H2,2-5H3,(H,36,38)(H,37,43)(H,39,44)(H,40,45);6-15,24H,1,16-18H2,2-5H3,(H,31,36)(H,32,38)(H,30,33,37)/t26-,27-,30-;26?,27?,30-;24-/m111/s1. The Morgan fingerprint density at radius 3 is 1.11 bits per heavy atom. The molecule has 0 spiro atoms. The first-order valence-electron chi connectivity index (χ1n) is 43.9. The number of amides is 12.